The summed E-state index contributed by atoms with van der Waals surface area (Å²) in [6.07, 6.45) is -11.2. The molecule has 85 heavy (non-hydrogen) atoms. The molecule has 1 saturated heterocycles. The van der Waals surface area contributed by atoms with E-state index in [0.29, 0.717) is 16.1 Å². The molecule has 0 radical (unpaired) electrons. The number of non-ortho nitro benzene ring substituents is 1. The van der Waals surface area contributed by atoms with E-state index in [1.807, 2.05) is 0 Å². The van der Waals surface area contributed by atoms with Crippen molar-refractivity contribution in [1.29, 1.82) is 0 Å². The molecule has 0 saturated carbocycles. The van der Waals surface area contributed by atoms with Crippen molar-refractivity contribution in [3.05, 3.63) is 182 Å². The van der Waals surface area contributed by atoms with Gasteiger partial charge in [-0.15, -0.1) is 0 Å². The SMILES string of the molecule is Cc1ccc(C(=O)OC(C(=O)O)C(OC(=O)c2ccc(C)cc2)C(=O)O)cc1.O=Cc1cc([N+](=O)[O-])ccc1O.[Cl-].[NH3+][C@@H]1CCC(c2cccc(F)c2F)CN(CC(F)(F)F)C1=O.[NH3+][C@H]1CC=C(c2cccc(F)c2F)CN(CC(F)(F)F)C1=O. The molecule has 2 aliphatic heterocycles. The Balaban J connectivity index is 0.000000305. The number of hydrogen-bond acceptors (Lipinski definition) is 12. The second-order valence-electron chi connectivity index (χ2n) is 18.7. The Morgan fingerprint density at radius 2 is 1.18 bits per heavy atom. The third-order valence-corrected chi connectivity index (χ3v) is 12.2. The van der Waals surface area contributed by atoms with E-state index < -0.39 is 126 Å². The fourth-order valence-corrected chi connectivity index (χ4v) is 7.95. The van der Waals surface area contributed by atoms with Gasteiger partial charge in [0.1, 0.15) is 18.8 Å². The number of phenolic OH excluding ortho intramolecular Hbond substituents is 1. The normalized spacial score (nSPS) is 16.7. The van der Waals surface area contributed by atoms with Gasteiger partial charge in [-0.1, -0.05) is 65.7 Å². The monoisotopic (exact) mass is 1230 g/mol. The first-order chi connectivity index (χ1) is 39.2. The predicted molar refractivity (Wildman–Crippen MR) is 272 cm³/mol. The second-order valence-corrected chi connectivity index (χ2v) is 18.7. The molecule has 30 heteroatoms. The van der Waals surface area contributed by atoms with Crippen molar-refractivity contribution >= 4 is 53.2 Å². The molecule has 0 aromatic heterocycles. The van der Waals surface area contributed by atoms with E-state index >= 15 is 0 Å². The third kappa shape index (κ3) is 21.0. The lowest BCUT2D eigenvalue weighted by molar-refractivity contribution is -0.406. The summed E-state index contributed by atoms with van der Waals surface area (Å²) in [5.74, 6) is -12.4. The van der Waals surface area contributed by atoms with Crippen LogP contribution < -0.4 is 23.9 Å². The molecule has 5 aromatic carbocycles. The number of phenols is 1. The van der Waals surface area contributed by atoms with Crippen LogP contribution in [-0.2, 0) is 28.7 Å². The summed E-state index contributed by atoms with van der Waals surface area (Å²) in [6, 6.07) is 20.6. The first-order valence-electron chi connectivity index (χ1n) is 24.6. The largest absolute Gasteiger partial charge is 1.00 e. The van der Waals surface area contributed by atoms with E-state index in [4.69, 9.17) is 14.6 Å². The van der Waals surface area contributed by atoms with Crippen LogP contribution in [0.15, 0.2) is 109 Å². The molecule has 9 N–H and O–H groups in total. The van der Waals surface area contributed by atoms with Crippen LogP contribution in [0.2, 0.25) is 0 Å². The molecule has 0 aliphatic carbocycles. The summed E-state index contributed by atoms with van der Waals surface area (Å²) in [5.41, 5.74) is 8.57. The van der Waals surface area contributed by atoms with Crippen molar-refractivity contribution in [2.45, 2.75) is 75.7 Å². The van der Waals surface area contributed by atoms with Gasteiger partial charge in [-0.2, -0.15) is 26.3 Å². The average molecular weight is 1230 g/mol. The number of carboxylic acid groups (broad SMARTS) is 2. The molecular weight excluding hydrogens is 1180 g/mol. The van der Waals surface area contributed by atoms with Gasteiger partial charge >= 0.3 is 36.2 Å². The molecule has 3 unspecified atom stereocenters. The molecule has 1 fully saturated rings. The van der Waals surface area contributed by atoms with Gasteiger partial charge in [-0.3, -0.25) is 24.5 Å². The summed E-state index contributed by atoms with van der Waals surface area (Å²) in [4.78, 5) is 92.2. The Morgan fingerprint density at radius 3 is 1.65 bits per heavy atom. The summed E-state index contributed by atoms with van der Waals surface area (Å²) in [6.45, 7) is -0.0206. The highest BCUT2D eigenvalue weighted by molar-refractivity contribution is 5.95. The van der Waals surface area contributed by atoms with Gasteiger partial charge in [0.15, 0.2) is 41.6 Å². The van der Waals surface area contributed by atoms with Crippen molar-refractivity contribution in [2.75, 3.05) is 26.2 Å². The number of amides is 2. The fraction of sp³-hybridized carbons (Fsp3) is 0.291. The zero-order chi connectivity index (χ0) is 63.0. The molecule has 2 heterocycles. The number of alkyl halides is 6. The summed E-state index contributed by atoms with van der Waals surface area (Å²) >= 11 is 0. The quantitative estimate of drug-likeness (QED) is 0.0367. The number of nitro benzene ring substituents is 1. The number of hydrogen-bond donors (Lipinski definition) is 5. The van der Waals surface area contributed by atoms with Gasteiger partial charge < -0.3 is 58.5 Å². The zero-order valence-electron chi connectivity index (χ0n) is 44.6. The van der Waals surface area contributed by atoms with Crippen molar-refractivity contribution in [3.63, 3.8) is 0 Å². The molecule has 0 spiro atoms. The maximum absolute atomic E-state index is 13.9. The van der Waals surface area contributed by atoms with E-state index in [2.05, 4.69) is 11.5 Å². The highest BCUT2D eigenvalue weighted by Crippen LogP contribution is 2.32. The van der Waals surface area contributed by atoms with Crippen LogP contribution in [0.5, 0.6) is 5.75 Å². The minimum absolute atomic E-state index is 0. The lowest BCUT2D eigenvalue weighted by Gasteiger charge is -2.26. The van der Waals surface area contributed by atoms with Crippen LogP contribution in [0.4, 0.5) is 49.6 Å². The lowest BCUT2D eigenvalue weighted by atomic mass is 9.93. The first kappa shape index (κ1) is 70.3. The summed E-state index contributed by atoms with van der Waals surface area (Å²) in [5, 5.41) is 37.8. The number of carbonyl (C=O) groups is 7. The van der Waals surface area contributed by atoms with Crippen LogP contribution in [0, 0.1) is 47.2 Å². The van der Waals surface area contributed by atoms with Crippen LogP contribution in [0.25, 0.3) is 5.57 Å². The molecule has 458 valence electrons. The van der Waals surface area contributed by atoms with Gasteiger partial charge in [0, 0.05) is 49.5 Å². The van der Waals surface area contributed by atoms with Crippen LogP contribution in [0.1, 0.15) is 78.5 Å². The first-order valence-corrected chi connectivity index (χ1v) is 24.6. The second kappa shape index (κ2) is 31.1. The zero-order valence-corrected chi connectivity index (χ0v) is 45.3. The van der Waals surface area contributed by atoms with Crippen molar-refractivity contribution in [3.8, 4) is 5.75 Å². The molecule has 5 atom stereocenters. The highest BCUT2D eigenvalue weighted by atomic mass is 35.5. The van der Waals surface area contributed by atoms with Gasteiger partial charge in [0.05, 0.1) is 21.6 Å². The number of quaternary nitrogens is 2. The fourth-order valence-electron chi connectivity index (χ4n) is 7.95. The molecule has 5 aromatic rings. The van der Waals surface area contributed by atoms with Crippen LogP contribution in [-0.4, -0.2) is 135 Å². The molecular formula is C55H53ClF10N5O14+. The van der Waals surface area contributed by atoms with Gasteiger partial charge in [-0.05, 0) is 73.9 Å². The topological polar surface area (TPSA) is 304 Å². The molecule has 2 aliphatic rings. The van der Waals surface area contributed by atoms with E-state index in [9.17, 15) is 97.8 Å². The van der Waals surface area contributed by atoms with E-state index in [0.717, 1.165) is 41.5 Å². The van der Waals surface area contributed by atoms with Gasteiger partial charge in [-0.25, -0.2) is 36.7 Å². The number of nitrogens with zero attached hydrogens (tertiary/aromatic N) is 3. The van der Waals surface area contributed by atoms with Crippen LogP contribution in [0.3, 0.4) is 0 Å². The smallest absolute Gasteiger partial charge is 0.406 e. The van der Waals surface area contributed by atoms with E-state index in [-0.39, 0.29) is 83.0 Å². The number of ether oxygens (including phenoxy) is 2. The molecule has 7 rings (SSSR count). The predicted octanol–water partition coefficient (Wildman–Crippen LogP) is 3.94. The number of benzene rings is 5. The Morgan fingerprint density at radius 1 is 0.706 bits per heavy atom. The Labute approximate surface area is 482 Å². The number of nitro groups is 1. The molecule has 19 nitrogen and oxygen atoms in total. The minimum Gasteiger partial charge on any atom is -1.00 e. The number of aldehydes is 1. The maximum Gasteiger partial charge on any atom is 0.406 e. The number of aliphatic carboxylic acids is 2. The number of likely N-dealkylation sites (tertiary alicyclic amines) is 1. The van der Waals surface area contributed by atoms with Crippen LogP contribution >= 0.6 is 0 Å². The van der Waals surface area contributed by atoms with Gasteiger partial charge in [0.2, 0.25) is 12.2 Å². The van der Waals surface area contributed by atoms with Crippen molar-refractivity contribution in [2.24, 2.45) is 0 Å². The summed E-state index contributed by atoms with van der Waals surface area (Å²) in [7, 11) is 0. The standard InChI is InChI=1S/C20H18O8.C14H15F5N2O.C14H13F5N2O.C7H5NO4.ClH/c1-11-3-7-13(8-4-11)19(25)27-15(17(21)22)16(18(23)24)28-20(26)14-9-5-12(2)6-10-14;2*15-10-3-1-2-9(12(10)16)8-4-5-11(20)13(22)21(6-8)7-14(17,18)19;9-4-5-3-6(8(11)12)1-2-7(5)10;/h3-10,15-16H,1-2H3,(H,21,22)(H,23,24);1-3,8,11H,4-7,20H2;1-4,11H,5-7,20H2;1-4,10H;1H/p+1/t;8?,11-;11-;;/m.10../s1. The number of halogens is 11. The lowest BCUT2D eigenvalue weighted by Crippen LogP contribution is -3.00. The number of aromatic hydroxyl groups is 1. The van der Waals surface area contributed by atoms with Crippen molar-refractivity contribution < 1.29 is 131 Å². The average Bonchev–Trinajstić information content (AvgIpc) is 3.68. The van der Waals surface area contributed by atoms with E-state index in [1.165, 1.54) is 54.6 Å². The number of carbonyl (C=O) groups excluding carboxylic acids is 5. The maximum atomic E-state index is 13.9. The number of carboxylic acids is 2. The number of esters is 2. The van der Waals surface area contributed by atoms with Crippen molar-refractivity contribution in [1.82, 2.24) is 9.80 Å². The molecule has 0 bridgehead atoms. The number of aryl methyl sites for hydroxylation is 2. The minimum atomic E-state index is -4.58. The summed E-state index contributed by atoms with van der Waals surface area (Å²) < 4.78 is 139. The third-order valence-electron chi connectivity index (χ3n) is 12.2. The Hall–Kier alpha value is -8.96. The Bertz CT molecular complexity index is 3170. The van der Waals surface area contributed by atoms with Gasteiger partial charge in [0.25, 0.3) is 17.5 Å². The van der Waals surface area contributed by atoms with E-state index in [1.54, 1.807) is 38.1 Å². The molecule has 2 amide bonds. The Kier molecular flexibility index (Phi) is 25.7. The number of rotatable bonds is 13. The highest BCUT2D eigenvalue weighted by Gasteiger charge is 2.42.